The highest BCUT2D eigenvalue weighted by atomic mass is 19.1. The van der Waals surface area contributed by atoms with Crippen LogP contribution < -0.4 is 15.4 Å². The van der Waals surface area contributed by atoms with Gasteiger partial charge in [-0.3, -0.25) is 9.59 Å². The third kappa shape index (κ3) is 5.29. The number of halogens is 1. The van der Waals surface area contributed by atoms with Crippen molar-refractivity contribution in [1.82, 2.24) is 25.6 Å². The maximum absolute atomic E-state index is 15.5. The second kappa shape index (κ2) is 10.5. The summed E-state index contributed by atoms with van der Waals surface area (Å²) >= 11 is 0. The van der Waals surface area contributed by atoms with Crippen LogP contribution in [0.1, 0.15) is 60.1 Å². The molecule has 0 aliphatic heterocycles. The number of fused-ring (bicyclic) bond motifs is 1. The fourth-order valence-corrected chi connectivity index (χ4v) is 5.00. The van der Waals surface area contributed by atoms with Gasteiger partial charge < -0.3 is 25.5 Å². The van der Waals surface area contributed by atoms with E-state index >= 15 is 4.39 Å². The number of aryl methyl sites for hydroxylation is 2. The van der Waals surface area contributed by atoms with Crippen LogP contribution in [0.25, 0.3) is 22.3 Å². The first-order chi connectivity index (χ1) is 17.9. The van der Waals surface area contributed by atoms with Gasteiger partial charge in [0.2, 0.25) is 5.91 Å². The molecule has 5 rings (SSSR count). The van der Waals surface area contributed by atoms with E-state index in [9.17, 15) is 9.59 Å². The van der Waals surface area contributed by atoms with Crippen LogP contribution in [0.5, 0.6) is 5.75 Å². The number of aliphatic hydroxyl groups excluding tert-OH is 1. The SMILES string of the molecule is Cc1ccc(OCC2CC2)c(-c2ncnc3c(C(=O)N[C@H]4CC[C@@H](NC(=O)CO)CC4)c(C)[nH]c23)c1F. The predicted octanol–water partition coefficient (Wildman–Crippen LogP) is 3.32. The second-order valence-electron chi connectivity index (χ2n) is 10.1. The summed E-state index contributed by atoms with van der Waals surface area (Å²) in [4.78, 5) is 36.8. The number of carbonyl (C=O) groups excluding carboxylic acids is 2. The van der Waals surface area contributed by atoms with Crippen LogP contribution in [0.2, 0.25) is 0 Å². The Bertz CT molecular complexity index is 1330. The summed E-state index contributed by atoms with van der Waals surface area (Å²) < 4.78 is 21.4. The third-order valence-electron chi connectivity index (χ3n) is 7.27. The maximum Gasteiger partial charge on any atom is 0.255 e. The Hall–Kier alpha value is -3.53. The normalized spacial score (nSPS) is 19.6. The Morgan fingerprint density at radius 2 is 1.78 bits per heavy atom. The largest absolute Gasteiger partial charge is 0.492 e. The first-order valence-corrected chi connectivity index (χ1v) is 12.8. The van der Waals surface area contributed by atoms with Crippen molar-refractivity contribution in [2.75, 3.05) is 13.2 Å². The van der Waals surface area contributed by atoms with Crippen LogP contribution in [-0.2, 0) is 4.79 Å². The van der Waals surface area contributed by atoms with Crippen molar-refractivity contribution in [3.8, 4) is 17.0 Å². The van der Waals surface area contributed by atoms with Crippen LogP contribution in [0.4, 0.5) is 4.39 Å². The van der Waals surface area contributed by atoms with Crippen molar-refractivity contribution in [2.24, 2.45) is 5.92 Å². The monoisotopic (exact) mass is 509 g/mol. The van der Waals surface area contributed by atoms with E-state index in [1.54, 1.807) is 26.0 Å². The summed E-state index contributed by atoms with van der Waals surface area (Å²) in [6, 6.07) is 3.42. The standard InChI is InChI=1S/C27H32FN5O4/c1-14-3-10-19(37-12-16-4-5-16)22(23(14)28)25-26-24(29-13-30-25)21(15(2)31-26)27(36)33-18-8-6-17(7-9-18)32-20(35)11-34/h3,10,13,16-18,31,34H,4-9,11-12H2,1-2H3,(H,32,35)(H,33,36)/t17-,18+. The van der Waals surface area contributed by atoms with E-state index in [1.165, 1.54) is 6.33 Å². The van der Waals surface area contributed by atoms with Crippen LogP contribution in [0.15, 0.2) is 18.5 Å². The van der Waals surface area contributed by atoms with Crippen molar-refractivity contribution >= 4 is 22.8 Å². The molecule has 2 saturated carbocycles. The number of nitrogens with zero attached hydrogens (tertiary/aromatic N) is 2. The molecule has 0 bridgehead atoms. The molecule has 37 heavy (non-hydrogen) atoms. The summed E-state index contributed by atoms with van der Waals surface area (Å²) in [7, 11) is 0. The van der Waals surface area contributed by atoms with Gasteiger partial charge in [0, 0.05) is 17.8 Å². The number of nitrogens with one attached hydrogen (secondary N) is 3. The average Bonchev–Trinajstić information content (AvgIpc) is 3.65. The van der Waals surface area contributed by atoms with Crippen LogP contribution in [-0.4, -0.2) is 57.2 Å². The Balaban J connectivity index is 1.40. The Morgan fingerprint density at radius 3 is 2.46 bits per heavy atom. The molecule has 2 heterocycles. The minimum absolute atomic E-state index is 0.00141. The van der Waals surface area contributed by atoms with Gasteiger partial charge >= 0.3 is 0 Å². The smallest absolute Gasteiger partial charge is 0.255 e. The molecule has 0 unspecified atom stereocenters. The topological polar surface area (TPSA) is 129 Å². The fourth-order valence-electron chi connectivity index (χ4n) is 5.00. The van der Waals surface area contributed by atoms with E-state index in [2.05, 4.69) is 25.6 Å². The highest BCUT2D eigenvalue weighted by molar-refractivity contribution is 6.09. The lowest BCUT2D eigenvalue weighted by atomic mass is 9.91. The minimum atomic E-state index is -0.527. The van der Waals surface area contributed by atoms with Crippen molar-refractivity contribution in [2.45, 2.75) is 64.5 Å². The summed E-state index contributed by atoms with van der Waals surface area (Å²) in [5.41, 5.74) is 3.05. The van der Waals surface area contributed by atoms with Crippen molar-refractivity contribution in [1.29, 1.82) is 0 Å². The average molecular weight is 510 g/mol. The summed E-state index contributed by atoms with van der Waals surface area (Å²) in [5, 5.41) is 14.8. The van der Waals surface area contributed by atoms with Crippen LogP contribution in [0, 0.1) is 25.6 Å². The molecular weight excluding hydrogens is 477 g/mol. The molecule has 2 fully saturated rings. The van der Waals surface area contributed by atoms with E-state index in [4.69, 9.17) is 9.84 Å². The van der Waals surface area contributed by atoms with Gasteiger partial charge in [-0.05, 0) is 69.9 Å². The molecule has 10 heteroatoms. The number of rotatable bonds is 8. The molecule has 4 N–H and O–H groups in total. The Labute approximate surface area is 214 Å². The number of hydrogen-bond acceptors (Lipinski definition) is 6. The van der Waals surface area contributed by atoms with Crippen molar-refractivity contribution in [3.05, 3.63) is 41.1 Å². The van der Waals surface area contributed by atoms with E-state index in [0.717, 1.165) is 12.8 Å². The molecule has 2 aliphatic carbocycles. The molecule has 0 atom stereocenters. The third-order valence-corrected chi connectivity index (χ3v) is 7.27. The van der Waals surface area contributed by atoms with E-state index in [1.807, 2.05) is 0 Å². The van der Waals surface area contributed by atoms with Crippen LogP contribution in [0.3, 0.4) is 0 Å². The zero-order valence-electron chi connectivity index (χ0n) is 21.1. The molecule has 3 aromatic rings. The van der Waals surface area contributed by atoms with Gasteiger partial charge in [-0.2, -0.15) is 0 Å². The van der Waals surface area contributed by atoms with E-state index in [0.29, 0.717) is 77.5 Å². The molecular formula is C27H32FN5O4. The van der Waals surface area contributed by atoms with Crippen molar-refractivity contribution < 1.29 is 23.8 Å². The number of benzene rings is 1. The van der Waals surface area contributed by atoms with Gasteiger partial charge in [0.1, 0.15) is 35.7 Å². The summed E-state index contributed by atoms with van der Waals surface area (Å²) in [5.74, 6) is -0.115. The van der Waals surface area contributed by atoms with Crippen molar-refractivity contribution in [3.63, 3.8) is 0 Å². The first kappa shape index (κ1) is 25.1. The first-order valence-electron chi connectivity index (χ1n) is 12.8. The Morgan fingerprint density at radius 1 is 1.08 bits per heavy atom. The number of H-pyrrole nitrogens is 1. The van der Waals surface area contributed by atoms with E-state index in [-0.39, 0.29) is 29.5 Å². The molecule has 2 amide bonds. The van der Waals surface area contributed by atoms with Gasteiger partial charge in [0.25, 0.3) is 5.91 Å². The number of aromatic nitrogens is 3. The van der Waals surface area contributed by atoms with Gasteiger partial charge in [0.15, 0.2) is 0 Å². The summed E-state index contributed by atoms with van der Waals surface area (Å²) in [6.45, 7) is 3.50. The second-order valence-corrected chi connectivity index (χ2v) is 10.1. The zero-order valence-corrected chi connectivity index (χ0v) is 21.1. The molecule has 196 valence electrons. The number of ether oxygens (including phenoxy) is 1. The lowest BCUT2D eigenvalue weighted by Gasteiger charge is -2.29. The molecule has 0 spiro atoms. The maximum atomic E-state index is 15.5. The van der Waals surface area contributed by atoms with E-state index < -0.39 is 12.4 Å². The number of amides is 2. The van der Waals surface area contributed by atoms with Crippen LogP contribution >= 0.6 is 0 Å². The quantitative estimate of drug-likeness (QED) is 0.369. The number of carbonyl (C=O) groups is 2. The molecule has 1 aromatic carbocycles. The molecule has 2 aliphatic rings. The predicted molar refractivity (Wildman–Crippen MR) is 136 cm³/mol. The Kier molecular flexibility index (Phi) is 7.10. The summed E-state index contributed by atoms with van der Waals surface area (Å²) in [6.07, 6.45) is 6.44. The lowest BCUT2D eigenvalue weighted by Crippen LogP contribution is -2.44. The highest BCUT2D eigenvalue weighted by Crippen LogP contribution is 2.39. The van der Waals surface area contributed by atoms with Gasteiger partial charge in [-0.15, -0.1) is 0 Å². The lowest BCUT2D eigenvalue weighted by molar-refractivity contribution is -0.124. The number of hydrogen-bond donors (Lipinski definition) is 4. The minimum Gasteiger partial charge on any atom is -0.492 e. The number of aromatic amines is 1. The van der Waals surface area contributed by atoms with Gasteiger partial charge in [-0.1, -0.05) is 6.07 Å². The van der Waals surface area contributed by atoms with Gasteiger partial charge in [0.05, 0.1) is 23.3 Å². The zero-order chi connectivity index (χ0) is 26.1. The highest BCUT2D eigenvalue weighted by Gasteiger charge is 2.28. The fraction of sp³-hybridized carbons (Fsp3) is 0.481. The number of aliphatic hydroxyl groups is 1. The molecule has 9 nitrogen and oxygen atoms in total. The molecule has 0 saturated heterocycles. The molecule has 0 radical (unpaired) electrons. The van der Waals surface area contributed by atoms with Gasteiger partial charge in [-0.25, -0.2) is 14.4 Å². The molecule has 2 aromatic heterocycles.